The molecule has 1 amide bonds. The molecule has 1 aliphatic rings. The Bertz CT molecular complexity index is 116. The first-order valence-electron chi connectivity index (χ1n) is 2.90. The average molecular weight is 163 g/mol. The van der Waals surface area contributed by atoms with Gasteiger partial charge in [0, 0.05) is 6.54 Å². The van der Waals surface area contributed by atoms with Crippen LogP contribution in [0.25, 0.3) is 0 Å². The first-order chi connectivity index (χ1) is 4.22. The summed E-state index contributed by atoms with van der Waals surface area (Å²) >= 11 is 8.03. The van der Waals surface area contributed by atoms with Crippen LogP contribution >= 0.6 is 25.4 Å². The Labute approximate surface area is 65.6 Å². The van der Waals surface area contributed by atoms with Gasteiger partial charge in [-0.3, -0.25) is 9.10 Å². The van der Waals surface area contributed by atoms with Crippen LogP contribution < -0.4 is 0 Å². The van der Waals surface area contributed by atoms with Gasteiger partial charge in [-0.05, 0) is 12.8 Å². The molecule has 9 heavy (non-hydrogen) atoms. The zero-order valence-electron chi connectivity index (χ0n) is 4.95. The molecule has 4 heteroatoms. The van der Waals surface area contributed by atoms with E-state index in [4.69, 9.17) is 0 Å². The molecule has 52 valence electrons. The van der Waals surface area contributed by atoms with Crippen LogP contribution in [0.1, 0.15) is 12.8 Å². The van der Waals surface area contributed by atoms with Crippen LogP contribution in [0, 0.1) is 0 Å². The number of thiol groups is 2. The highest BCUT2D eigenvalue weighted by Crippen LogP contribution is 2.16. The van der Waals surface area contributed by atoms with E-state index >= 15 is 0 Å². The molecule has 0 N–H and O–H groups in total. The Kier molecular flexibility index (Phi) is 2.29. The van der Waals surface area contributed by atoms with Crippen molar-refractivity contribution in [2.75, 3.05) is 6.54 Å². The molecule has 0 aromatic heterocycles. The highest BCUT2D eigenvalue weighted by atomic mass is 32.1. The zero-order valence-corrected chi connectivity index (χ0v) is 6.74. The van der Waals surface area contributed by atoms with Crippen molar-refractivity contribution in [2.24, 2.45) is 0 Å². The van der Waals surface area contributed by atoms with Crippen LogP contribution in [-0.4, -0.2) is 22.0 Å². The van der Waals surface area contributed by atoms with Gasteiger partial charge in [0.15, 0.2) is 0 Å². The highest BCUT2D eigenvalue weighted by molar-refractivity contribution is 7.82. The van der Waals surface area contributed by atoms with Gasteiger partial charge >= 0.3 is 0 Å². The average Bonchev–Trinajstić information content (AvgIpc) is 1.83. The predicted molar refractivity (Wildman–Crippen MR) is 42.7 cm³/mol. The van der Waals surface area contributed by atoms with E-state index < -0.39 is 0 Å². The summed E-state index contributed by atoms with van der Waals surface area (Å²) < 4.78 is 1.43. The van der Waals surface area contributed by atoms with E-state index in [9.17, 15) is 4.79 Å². The summed E-state index contributed by atoms with van der Waals surface area (Å²) in [6.45, 7) is 0.763. The fourth-order valence-corrected chi connectivity index (χ4v) is 1.53. The van der Waals surface area contributed by atoms with Crippen LogP contribution in [0.2, 0.25) is 0 Å². The van der Waals surface area contributed by atoms with Crippen LogP contribution in [0.15, 0.2) is 0 Å². The quantitative estimate of drug-likeness (QED) is 0.505. The Hall–Kier alpha value is 0.170. The molecule has 0 aromatic carbocycles. The second-order valence-electron chi connectivity index (χ2n) is 2.12. The van der Waals surface area contributed by atoms with E-state index in [1.165, 1.54) is 4.31 Å². The fourth-order valence-electron chi connectivity index (χ4n) is 0.840. The monoisotopic (exact) mass is 163 g/mol. The van der Waals surface area contributed by atoms with Crippen molar-refractivity contribution in [2.45, 2.75) is 18.1 Å². The van der Waals surface area contributed by atoms with Crippen LogP contribution in [0.3, 0.4) is 0 Å². The second-order valence-corrected chi connectivity index (χ2v) is 3.23. The summed E-state index contributed by atoms with van der Waals surface area (Å²) in [4.78, 5) is 10.9. The summed E-state index contributed by atoms with van der Waals surface area (Å²) in [5, 5.41) is -0.115. The van der Waals surface area contributed by atoms with E-state index in [0.29, 0.717) is 0 Å². The van der Waals surface area contributed by atoms with Gasteiger partial charge in [-0.25, -0.2) is 0 Å². The van der Waals surface area contributed by atoms with Gasteiger partial charge in [0.2, 0.25) is 5.91 Å². The first-order valence-corrected chi connectivity index (χ1v) is 3.82. The molecule has 2 nitrogen and oxygen atoms in total. The normalized spacial score (nSPS) is 28.9. The molecule has 1 unspecified atom stereocenters. The topological polar surface area (TPSA) is 20.3 Å². The standard InChI is InChI=1S/C5H9NOS2/c7-5-4(8)2-1-3-6(5)9/h4,8-9H,1-3H2. The Morgan fingerprint density at radius 2 is 2.33 bits per heavy atom. The summed E-state index contributed by atoms with van der Waals surface area (Å²) in [6.07, 6.45) is 1.91. The molecular weight excluding hydrogens is 154 g/mol. The molecule has 1 heterocycles. The predicted octanol–water partition coefficient (Wildman–Crippen LogP) is 0.752. The SMILES string of the molecule is O=C1C(S)CCCN1S. The molecule has 0 saturated carbocycles. The van der Waals surface area contributed by atoms with Crippen molar-refractivity contribution in [3.05, 3.63) is 0 Å². The van der Waals surface area contributed by atoms with E-state index in [1.54, 1.807) is 0 Å². The van der Waals surface area contributed by atoms with Gasteiger partial charge in [0.25, 0.3) is 0 Å². The Balaban J connectivity index is 2.52. The maximum atomic E-state index is 10.9. The summed E-state index contributed by atoms with van der Waals surface area (Å²) in [7, 11) is 0. The minimum Gasteiger partial charge on any atom is -0.288 e. The highest BCUT2D eigenvalue weighted by Gasteiger charge is 2.23. The van der Waals surface area contributed by atoms with Gasteiger partial charge in [-0.1, -0.05) is 12.8 Å². The van der Waals surface area contributed by atoms with Crippen molar-refractivity contribution in [1.29, 1.82) is 0 Å². The minimum absolute atomic E-state index is 0.0351. The lowest BCUT2D eigenvalue weighted by Crippen LogP contribution is -2.35. The van der Waals surface area contributed by atoms with Gasteiger partial charge in [-0.15, -0.1) is 0 Å². The summed E-state index contributed by atoms with van der Waals surface area (Å²) in [5.41, 5.74) is 0. The van der Waals surface area contributed by atoms with Gasteiger partial charge < -0.3 is 0 Å². The molecule has 1 fully saturated rings. The van der Waals surface area contributed by atoms with Gasteiger partial charge in [0.05, 0.1) is 5.25 Å². The number of carbonyl (C=O) groups excluding carboxylic acids is 1. The lowest BCUT2D eigenvalue weighted by atomic mass is 10.1. The van der Waals surface area contributed by atoms with E-state index in [-0.39, 0.29) is 11.2 Å². The molecule has 1 rings (SSSR count). The fraction of sp³-hybridized carbons (Fsp3) is 0.800. The van der Waals surface area contributed by atoms with Crippen molar-refractivity contribution in [3.8, 4) is 0 Å². The third kappa shape index (κ3) is 1.55. The van der Waals surface area contributed by atoms with Crippen molar-refractivity contribution >= 4 is 31.4 Å². The minimum atomic E-state index is -0.115. The van der Waals surface area contributed by atoms with E-state index in [2.05, 4.69) is 25.4 Å². The summed E-state index contributed by atoms with van der Waals surface area (Å²) in [5.74, 6) is 0.0351. The number of hydrogen-bond donors (Lipinski definition) is 2. The Morgan fingerprint density at radius 3 is 2.78 bits per heavy atom. The third-order valence-corrected chi connectivity index (χ3v) is 2.26. The third-order valence-electron chi connectivity index (χ3n) is 1.39. The smallest absolute Gasteiger partial charge is 0.245 e. The summed E-state index contributed by atoms with van der Waals surface area (Å²) in [6, 6.07) is 0. The second kappa shape index (κ2) is 2.84. The van der Waals surface area contributed by atoms with Crippen LogP contribution in [0.5, 0.6) is 0 Å². The lowest BCUT2D eigenvalue weighted by molar-refractivity contribution is -0.126. The number of amides is 1. The molecular formula is C5H9NOS2. The Morgan fingerprint density at radius 1 is 1.67 bits per heavy atom. The number of hydrogen-bond acceptors (Lipinski definition) is 3. The maximum Gasteiger partial charge on any atom is 0.245 e. The molecule has 0 aliphatic carbocycles. The van der Waals surface area contributed by atoms with Crippen molar-refractivity contribution < 1.29 is 4.79 Å². The number of piperidine rings is 1. The number of nitrogens with zero attached hydrogens (tertiary/aromatic N) is 1. The van der Waals surface area contributed by atoms with Crippen LogP contribution in [-0.2, 0) is 4.79 Å². The molecule has 1 saturated heterocycles. The molecule has 0 bridgehead atoms. The lowest BCUT2D eigenvalue weighted by Gasteiger charge is -2.24. The van der Waals surface area contributed by atoms with Crippen LogP contribution in [0.4, 0.5) is 0 Å². The largest absolute Gasteiger partial charge is 0.288 e. The van der Waals surface area contributed by atoms with Crippen molar-refractivity contribution in [1.82, 2.24) is 4.31 Å². The molecule has 0 aromatic rings. The molecule has 1 aliphatic heterocycles. The number of rotatable bonds is 0. The van der Waals surface area contributed by atoms with Gasteiger partial charge in [0.1, 0.15) is 0 Å². The van der Waals surface area contributed by atoms with Gasteiger partial charge in [-0.2, -0.15) is 12.6 Å². The molecule has 0 radical (unpaired) electrons. The van der Waals surface area contributed by atoms with Crippen molar-refractivity contribution in [3.63, 3.8) is 0 Å². The van der Waals surface area contributed by atoms with E-state index in [0.717, 1.165) is 19.4 Å². The van der Waals surface area contributed by atoms with E-state index in [1.807, 2.05) is 0 Å². The number of carbonyl (C=O) groups is 1. The molecule has 1 atom stereocenters. The molecule has 0 spiro atoms. The maximum absolute atomic E-state index is 10.9. The first kappa shape index (κ1) is 7.28. The zero-order chi connectivity index (χ0) is 6.85.